The number of rotatable bonds is 5. The molecule has 26 heavy (non-hydrogen) atoms. The van der Waals surface area contributed by atoms with E-state index in [0.717, 1.165) is 30.0 Å². The van der Waals surface area contributed by atoms with Crippen molar-refractivity contribution in [2.75, 3.05) is 38.3 Å². The van der Waals surface area contributed by atoms with Crippen LogP contribution < -0.4 is 10.2 Å². The summed E-state index contributed by atoms with van der Waals surface area (Å²) in [5.41, 5.74) is 1.99. The van der Waals surface area contributed by atoms with E-state index in [1.165, 1.54) is 0 Å². The van der Waals surface area contributed by atoms with Crippen molar-refractivity contribution in [2.24, 2.45) is 0 Å². The molecule has 0 unspecified atom stereocenters. The lowest BCUT2D eigenvalue weighted by Crippen LogP contribution is -2.39. The molecule has 3 rings (SSSR count). The van der Waals surface area contributed by atoms with E-state index in [1.807, 2.05) is 36.4 Å². The minimum absolute atomic E-state index is 0.137. The van der Waals surface area contributed by atoms with Crippen LogP contribution in [-0.2, 0) is 17.8 Å². The third-order valence-electron chi connectivity index (χ3n) is 4.26. The lowest BCUT2D eigenvalue weighted by Gasteiger charge is -2.29. The number of nitrogens with zero attached hydrogens (tertiary/aromatic N) is 3. The fourth-order valence-electron chi connectivity index (χ4n) is 2.91. The van der Waals surface area contributed by atoms with Gasteiger partial charge in [0.05, 0.1) is 13.2 Å². The Morgan fingerprint density at radius 2 is 2.12 bits per heavy atom. The standard InChI is InChI=1S/C19H23ClN4O2/c1-23(14-15-4-2-6-17(20)12-15)19(25)22-13-16-5-3-7-21-18(16)24-8-10-26-11-9-24/h2-7,12H,8-11,13-14H2,1H3,(H,22,25). The molecule has 1 fully saturated rings. The quantitative estimate of drug-likeness (QED) is 0.874. The fourth-order valence-corrected chi connectivity index (χ4v) is 3.13. The van der Waals surface area contributed by atoms with Crippen LogP contribution >= 0.6 is 11.6 Å². The second-order valence-corrected chi connectivity index (χ2v) is 6.67. The van der Waals surface area contributed by atoms with Crippen LogP contribution in [-0.4, -0.2) is 49.3 Å². The number of morpholine rings is 1. The molecule has 6 nitrogen and oxygen atoms in total. The Morgan fingerprint density at radius 3 is 2.88 bits per heavy atom. The van der Waals surface area contributed by atoms with E-state index in [4.69, 9.17) is 16.3 Å². The SMILES string of the molecule is CN(Cc1cccc(Cl)c1)C(=O)NCc1cccnc1N1CCOCC1. The third kappa shape index (κ3) is 4.86. The molecule has 1 saturated heterocycles. The average Bonchev–Trinajstić information content (AvgIpc) is 2.67. The van der Waals surface area contributed by atoms with Crippen LogP contribution in [0, 0.1) is 0 Å². The lowest BCUT2D eigenvalue weighted by atomic mass is 10.2. The third-order valence-corrected chi connectivity index (χ3v) is 4.50. The van der Waals surface area contributed by atoms with Gasteiger partial charge in [0.25, 0.3) is 0 Å². The zero-order valence-electron chi connectivity index (χ0n) is 14.8. The van der Waals surface area contributed by atoms with Crippen molar-refractivity contribution in [1.82, 2.24) is 15.2 Å². The summed E-state index contributed by atoms with van der Waals surface area (Å²) in [4.78, 5) is 20.7. The van der Waals surface area contributed by atoms with Crippen molar-refractivity contribution in [3.05, 3.63) is 58.7 Å². The first-order chi connectivity index (χ1) is 12.6. The molecule has 2 aromatic rings. The summed E-state index contributed by atoms with van der Waals surface area (Å²) in [5.74, 6) is 0.911. The minimum Gasteiger partial charge on any atom is -0.378 e. The topological polar surface area (TPSA) is 57.7 Å². The monoisotopic (exact) mass is 374 g/mol. The van der Waals surface area contributed by atoms with E-state index in [1.54, 1.807) is 18.1 Å². The molecule has 0 radical (unpaired) electrons. The fraction of sp³-hybridized carbons (Fsp3) is 0.368. The highest BCUT2D eigenvalue weighted by Crippen LogP contribution is 2.18. The minimum atomic E-state index is -0.137. The maximum atomic E-state index is 12.4. The van der Waals surface area contributed by atoms with Gasteiger partial charge in [-0.05, 0) is 23.8 Å². The average molecular weight is 375 g/mol. The highest BCUT2D eigenvalue weighted by molar-refractivity contribution is 6.30. The number of aromatic nitrogens is 1. The van der Waals surface area contributed by atoms with Gasteiger partial charge in [0.1, 0.15) is 5.82 Å². The van der Waals surface area contributed by atoms with E-state index in [2.05, 4.69) is 15.2 Å². The molecule has 0 spiro atoms. The van der Waals surface area contributed by atoms with Gasteiger partial charge in [0, 0.05) is 50.0 Å². The van der Waals surface area contributed by atoms with Crippen LogP contribution in [0.3, 0.4) is 0 Å². The van der Waals surface area contributed by atoms with E-state index in [0.29, 0.717) is 31.3 Å². The van der Waals surface area contributed by atoms with Crippen molar-refractivity contribution in [2.45, 2.75) is 13.1 Å². The van der Waals surface area contributed by atoms with Crippen molar-refractivity contribution >= 4 is 23.4 Å². The maximum absolute atomic E-state index is 12.4. The Kier molecular flexibility index (Phi) is 6.30. The number of nitrogens with one attached hydrogen (secondary N) is 1. The van der Waals surface area contributed by atoms with Gasteiger partial charge in [-0.15, -0.1) is 0 Å². The number of amides is 2. The first-order valence-corrected chi connectivity index (χ1v) is 9.01. The van der Waals surface area contributed by atoms with Gasteiger partial charge in [0.15, 0.2) is 0 Å². The van der Waals surface area contributed by atoms with Crippen molar-refractivity contribution in [3.63, 3.8) is 0 Å². The number of halogens is 1. The number of hydrogen-bond acceptors (Lipinski definition) is 4. The van der Waals surface area contributed by atoms with Crippen LogP contribution in [0.4, 0.5) is 10.6 Å². The molecule has 0 saturated carbocycles. The summed E-state index contributed by atoms with van der Waals surface area (Å²) >= 11 is 6.00. The van der Waals surface area contributed by atoms with Gasteiger partial charge in [0.2, 0.25) is 0 Å². The number of ether oxygens (including phenoxy) is 1. The Balaban J connectivity index is 1.59. The van der Waals surface area contributed by atoms with Crippen LogP contribution in [0.2, 0.25) is 5.02 Å². The number of urea groups is 1. The molecule has 0 bridgehead atoms. The predicted octanol–water partition coefficient (Wildman–Crippen LogP) is 2.91. The lowest BCUT2D eigenvalue weighted by molar-refractivity contribution is 0.122. The highest BCUT2D eigenvalue weighted by atomic mass is 35.5. The second-order valence-electron chi connectivity index (χ2n) is 6.23. The van der Waals surface area contributed by atoms with Gasteiger partial charge in [-0.25, -0.2) is 9.78 Å². The predicted molar refractivity (Wildman–Crippen MR) is 102 cm³/mol. The molecule has 0 aliphatic carbocycles. The zero-order chi connectivity index (χ0) is 18.4. The van der Waals surface area contributed by atoms with Crippen molar-refractivity contribution < 1.29 is 9.53 Å². The molecule has 0 atom stereocenters. The number of carbonyl (C=O) groups excluding carboxylic acids is 1. The Hall–Kier alpha value is -2.31. The number of pyridine rings is 1. The normalized spacial score (nSPS) is 14.2. The molecule has 1 aromatic heterocycles. The first-order valence-electron chi connectivity index (χ1n) is 8.63. The van der Waals surface area contributed by atoms with Crippen LogP contribution in [0.25, 0.3) is 0 Å². The van der Waals surface area contributed by atoms with Gasteiger partial charge in [-0.2, -0.15) is 0 Å². The summed E-state index contributed by atoms with van der Waals surface area (Å²) in [6.07, 6.45) is 1.78. The summed E-state index contributed by atoms with van der Waals surface area (Å²) in [5, 5.41) is 3.64. The van der Waals surface area contributed by atoms with E-state index in [9.17, 15) is 4.79 Å². The van der Waals surface area contributed by atoms with E-state index in [-0.39, 0.29) is 6.03 Å². The second kappa shape index (κ2) is 8.87. The summed E-state index contributed by atoms with van der Waals surface area (Å²) < 4.78 is 5.40. The summed E-state index contributed by atoms with van der Waals surface area (Å²) in [7, 11) is 1.77. The van der Waals surface area contributed by atoms with E-state index < -0.39 is 0 Å². The van der Waals surface area contributed by atoms with Crippen molar-refractivity contribution in [3.8, 4) is 0 Å². The van der Waals surface area contributed by atoms with Crippen LogP contribution in [0.5, 0.6) is 0 Å². The van der Waals surface area contributed by atoms with Gasteiger partial charge in [-0.3, -0.25) is 0 Å². The molecular formula is C19H23ClN4O2. The van der Waals surface area contributed by atoms with Crippen molar-refractivity contribution in [1.29, 1.82) is 0 Å². The van der Waals surface area contributed by atoms with Gasteiger partial charge < -0.3 is 19.9 Å². The Morgan fingerprint density at radius 1 is 1.31 bits per heavy atom. The number of carbonyl (C=O) groups is 1. The number of anilines is 1. The number of hydrogen-bond donors (Lipinski definition) is 1. The molecule has 7 heteroatoms. The van der Waals surface area contributed by atoms with Crippen LogP contribution in [0.15, 0.2) is 42.6 Å². The highest BCUT2D eigenvalue weighted by Gasteiger charge is 2.17. The molecule has 1 N–H and O–H groups in total. The summed E-state index contributed by atoms with van der Waals surface area (Å²) in [6.45, 7) is 3.95. The molecular weight excluding hydrogens is 352 g/mol. The molecule has 2 heterocycles. The maximum Gasteiger partial charge on any atom is 0.317 e. The Labute approximate surface area is 158 Å². The van der Waals surface area contributed by atoms with Gasteiger partial charge in [-0.1, -0.05) is 29.8 Å². The molecule has 1 aliphatic rings. The molecule has 138 valence electrons. The first kappa shape index (κ1) is 18.5. The van der Waals surface area contributed by atoms with E-state index >= 15 is 0 Å². The molecule has 1 aliphatic heterocycles. The zero-order valence-corrected chi connectivity index (χ0v) is 15.6. The largest absolute Gasteiger partial charge is 0.378 e. The van der Waals surface area contributed by atoms with Crippen LogP contribution in [0.1, 0.15) is 11.1 Å². The Bertz CT molecular complexity index is 750. The molecule has 1 aromatic carbocycles. The molecule has 2 amide bonds. The summed E-state index contributed by atoms with van der Waals surface area (Å²) in [6, 6.07) is 11.3. The number of benzene rings is 1. The van der Waals surface area contributed by atoms with Gasteiger partial charge >= 0.3 is 6.03 Å². The smallest absolute Gasteiger partial charge is 0.317 e.